The first-order valence-electron chi connectivity index (χ1n) is 6.12. The molecule has 2 heterocycles. The van der Waals surface area contributed by atoms with E-state index in [1.165, 1.54) is 23.1 Å². The van der Waals surface area contributed by atoms with Crippen molar-refractivity contribution < 1.29 is 14.0 Å². The summed E-state index contributed by atoms with van der Waals surface area (Å²) in [6.45, 7) is 3.49. The molecule has 2 aromatic heterocycles. The minimum absolute atomic E-state index is 0.108. The van der Waals surface area contributed by atoms with Gasteiger partial charge in [-0.3, -0.25) is 9.59 Å². The van der Waals surface area contributed by atoms with Gasteiger partial charge in [0.25, 0.3) is 5.91 Å². The van der Waals surface area contributed by atoms with E-state index in [9.17, 15) is 9.59 Å². The van der Waals surface area contributed by atoms with E-state index >= 15 is 0 Å². The highest BCUT2D eigenvalue weighted by atomic mass is 16.3. The summed E-state index contributed by atoms with van der Waals surface area (Å²) in [5, 5.41) is 6.56. The smallest absolute Gasteiger partial charge is 0.266 e. The molecule has 2 aromatic rings. The minimum Gasteiger partial charge on any atom is -0.465 e. The van der Waals surface area contributed by atoms with E-state index in [1.54, 1.807) is 25.1 Å². The van der Waals surface area contributed by atoms with Gasteiger partial charge >= 0.3 is 0 Å². The summed E-state index contributed by atoms with van der Waals surface area (Å²) in [4.78, 5) is 23.4. The van der Waals surface area contributed by atoms with E-state index in [-0.39, 0.29) is 18.4 Å². The molecular formula is C14H15N3O3. The molecule has 0 aliphatic carbocycles. The highest BCUT2D eigenvalue weighted by Gasteiger charge is 2.10. The molecule has 20 heavy (non-hydrogen) atoms. The highest BCUT2D eigenvalue weighted by Crippen LogP contribution is 2.02. The lowest BCUT2D eigenvalue weighted by atomic mass is 10.4. The Morgan fingerprint density at radius 2 is 2.25 bits per heavy atom. The van der Waals surface area contributed by atoms with Crippen LogP contribution in [-0.2, 0) is 4.79 Å². The Balaban J connectivity index is 1.87. The van der Waals surface area contributed by atoms with Gasteiger partial charge in [0.1, 0.15) is 5.76 Å². The topological polar surface area (TPSA) is 77.1 Å². The fourth-order valence-corrected chi connectivity index (χ4v) is 1.72. The molecule has 0 unspecified atom stereocenters. The number of carbonyl (C=O) groups excluding carboxylic acids is 2. The summed E-state index contributed by atoms with van der Waals surface area (Å²) in [5.74, 6) is -0.0725. The van der Waals surface area contributed by atoms with Crippen LogP contribution in [0.3, 0.4) is 0 Å². The molecule has 0 aromatic carbocycles. The van der Waals surface area contributed by atoms with Gasteiger partial charge in [-0.15, -0.1) is 0 Å². The molecule has 0 aliphatic rings. The molecule has 0 atom stereocenters. The van der Waals surface area contributed by atoms with Crippen molar-refractivity contribution in [3.8, 4) is 0 Å². The number of furan rings is 1. The second kappa shape index (κ2) is 6.01. The zero-order chi connectivity index (χ0) is 14.5. The average Bonchev–Trinajstić information content (AvgIpc) is 3.03. The summed E-state index contributed by atoms with van der Waals surface area (Å²) < 4.78 is 6.33. The molecule has 6 heteroatoms. The molecule has 104 valence electrons. The largest absolute Gasteiger partial charge is 0.465 e. The average molecular weight is 273 g/mol. The van der Waals surface area contributed by atoms with E-state index in [0.29, 0.717) is 5.76 Å². The number of nitrogens with zero attached hydrogens (tertiary/aromatic N) is 2. The molecule has 0 saturated heterocycles. The number of aryl methyl sites for hydroxylation is 2. The summed E-state index contributed by atoms with van der Waals surface area (Å²) >= 11 is 0. The van der Waals surface area contributed by atoms with E-state index in [0.717, 1.165) is 11.4 Å². The maximum atomic E-state index is 11.9. The summed E-state index contributed by atoms with van der Waals surface area (Å²) in [6, 6.07) is 5.26. The second-order valence-corrected chi connectivity index (χ2v) is 4.30. The van der Waals surface area contributed by atoms with Crippen molar-refractivity contribution in [3.05, 3.63) is 47.7 Å². The van der Waals surface area contributed by atoms with Crippen LogP contribution in [0.1, 0.15) is 21.9 Å². The van der Waals surface area contributed by atoms with Crippen LogP contribution in [-0.4, -0.2) is 28.1 Å². The van der Waals surface area contributed by atoms with Crippen LogP contribution in [0.4, 0.5) is 0 Å². The first-order chi connectivity index (χ1) is 9.56. The SMILES string of the molecule is Cc1cc(C)n(C(=O)CNC(=O)C=Cc2ccco2)n1. The van der Waals surface area contributed by atoms with Gasteiger partial charge in [-0.25, -0.2) is 4.68 Å². The minimum atomic E-state index is -0.365. The lowest BCUT2D eigenvalue weighted by molar-refractivity contribution is -0.116. The van der Waals surface area contributed by atoms with Crippen LogP contribution in [0.2, 0.25) is 0 Å². The van der Waals surface area contributed by atoms with Crippen molar-refractivity contribution in [1.29, 1.82) is 0 Å². The number of carbonyl (C=O) groups is 2. The van der Waals surface area contributed by atoms with Crippen molar-refractivity contribution in [1.82, 2.24) is 15.1 Å². The van der Waals surface area contributed by atoms with Crippen molar-refractivity contribution in [3.63, 3.8) is 0 Å². The molecule has 0 radical (unpaired) electrons. The van der Waals surface area contributed by atoms with Crippen molar-refractivity contribution in [2.75, 3.05) is 6.54 Å². The maximum Gasteiger partial charge on any atom is 0.266 e. The first kappa shape index (κ1) is 13.8. The Labute approximate surface area is 116 Å². The van der Waals surface area contributed by atoms with Crippen LogP contribution in [0.15, 0.2) is 35.0 Å². The Morgan fingerprint density at radius 3 is 2.85 bits per heavy atom. The normalized spacial score (nSPS) is 10.9. The molecule has 1 amide bonds. The summed E-state index contributed by atoms with van der Waals surface area (Å²) in [5.41, 5.74) is 1.51. The van der Waals surface area contributed by atoms with Crippen LogP contribution in [0.25, 0.3) is 6.08 Å². The summed E-state index contributed by atoms with van der Waals surface area (Å²) in [6.07, 6.45) is 4.36. The number of nitrogens with one attached hydrogen (secondary N) is 1. The summed E-state index contributed by atoms with van der Waals surface area (Å²) in [7, 11) is 0. The lowest BCUT2D eigenvalue weighted by Gasteiger charge is -2.03. The molecule has 0 fully saturated rings. The van der Waals surface area contributed by atoms with Gasteiger partial charge in [0, 0.05) is 11.8 Å². The zero-order valence-corrected chi connectivity index (χ0v) is 11.3. The number of hydrogen-bond acceptors (Lipinski definition) is 4. The zero-order valence-electron chi connectivity index (χ0n) is 11.3. The first-order valence-corrected chi connectivity index (χ1v) is 6.12. The van der Waals surface area contributed by atoms with E-state index in [1.807, 2.05) is 6.92 Å². The van der Waals surface area contributed by atoms with Gasteiger partial charge in [0.2, 0.25) is 5.91 Å². The Hall–Kier alpha value is -2.63. The van der Waals surface area contributed by atoms with E-state index < -0.39 is 0 Å². The van der Waals surface area contributed by atoms with Crippen LogP contribution in [0, 0.1) is 13.8 Å². The third-order valence-corrected chi connectivity index (χ3v) is 2.60. The van der Waals surface area contributed by atoms with Gasteiger partial charge in [0.05, 0.1) is 18.5 Å². The van der Waals surface area contributed by atoms with Gasteiger partial charge < -0.3 is 9.73 Å². The Morgan fingerprint density at radius 1 is 1.45 bits per heavy atom. The third kappa shape index (κ3) is 3.44. The number of rotatable bonds is 4. The van der Waals surface area contributed by atoms with Gasteiger partial charge in [-0.1, -0.05) is 0 Å². The van der Waals surface area contributed by atoms with Crippen molar-refractivity contribution >= 4 is 17.9 Å². The predicted octanol–water partition coefficient (Wildman–Crippen LogP) is 1.56. The van der Waals surface area contributed by atoms with Gasteiger partial charge in [-0.05, 0) is 38.1 Å². The number of amides is 1. The maximum absolute atomic E-state index is 11.9. The fraction of sp³-hybridized carbons (Fsp3) is 0.214. The Kier molecular flexibility index (Phi) is 4.14. The molecule has 0 bridgehead atoms. The standard InChI is InChI=1S/C14H15N3O3/c1-10-8-11(2)17(16-10)14(19)9-15-13(18)6-5-12-4-3-7-20-12/h3-8H,9H2,1-2H3,(H,15,18). The van der Waals surface area contributed by atoms with E-state index in [4.69, 9.17) is 4.42 Å². The molecule has 1 N–H and O–H groups in total. The second-order valence-electron chi connectivity index (χ2n) is 4.30. The third-order valence-electron chi connectivity index (χ3n) is 2.60. The molecule has 6 nitrogen and oxygen atoms in total. The van der Waals surface area contributed by atoms with E-state index in [2.05, 4.69) is 10.4 Å². The quantitative estimate of drug-likeness (QED) is 0.858. The van der Waals surface area contributed by atoms with Gasteiger partial charge in [-0.2, -0.15) is 5.10 Å². The highest BCUT2D eigenvalue weighted by molar-refractivity contribution is 5.94. The van der Waals surface area contributed by atoms with Crippen LogP contribution < -0.4 is 5.32 Å². The fourth-order valence-electron chi connectivity index (χ4n) is 1.72. The molecule has 2 rings (SSSR count). The van der Waals surface area contributed by atoms with Crippen molar-refractivity contribution in [2.24, 2.45) is 0 Å². The van der Waals surface area contributed by atoms with Crippen LogP contribution in [0.5, 0.6) is 0 Å². The molecular weight excluding hydrogens is 258 g/mol. The number of aromatic nitrogens is 2. The van der Waals surface area contributed by atoms with Crippen LogP contribution >= 0.6 is 0 Å². The lowest BCUT2D eigenvalue weighted by Crippen LogP contribution is -2.32. The Bertz CT molecular complexity index is 639. The predicted molar refractivity (Wildman–Crippen MR) is 73.1 cm³/mol. The molecule has 0 spiro atoms. The van der Waals surface area contributed by atoms with Gasteiger partial charge in [0.15, 0.2) is 0 Å². The molecule has 0 aliphatic heterocycles. The van der Waals surface area contributed by atoms with Crippen molar-refractivity contribution in [2.45, 2.75) is 13.8 Å². The monoisotopic (exact) mass is 273 g/mol. The number of hydrogen-bond donors (Lipinski definition) is 1. The molecule has 0 saturated carbocycles.